The minimum absolute atomic E-state index is 0.119. The van der Waals surface area contributed by atoms with Crippen LogP contribution in [0.4, 0.5) is 0 Å². The average molecular weight is 265 g/mol. The van der Waals surface area contributed by atoms with E-state index in [-0.39, 0.29) is 24.2 Å². The molecule has 0 amide bonds. The molecule has 0 aliphatic carbocycles. The highest BCUT2D eigenvalue weighted by Gasteiger charge is 2.45. The molecule has 0 spiro atoms. The Bertz CT molecular complexity index is 620. The lowest BCUT2D eigenvalue weighted by molar-refractivity contribution is -0.172. The van der Waals surface area contributed by atoms with Gasteiger partial charge in [-0.15, -0.1) is 0 Å². The number of carbonyl (C=O) groups is 1. The smallest absolute Gasteiger partial charge is 0.343 e. The van der Waals surface area contributed by atoms with Crippen molar-refractivity contribution >= 4 is 5.97 Å². The molecule has 6 heteroatoms. The molecule has 2 aliphatic rings. The number of carbonyl (C=O) groups excluding carboxylic acids is 1. The maximum absolute atomic E-state index is 12.3. The Kier molecular flexibility index (Phi) is 2.55. The molecule has 102 valence electrons. The average Bonchev–Trinajstić information content (AvgIpc) is 2.77. The summed E-state index contributed by atoms with van der Waals surface area (Å²) in [5.41, 5.74) is -1.02. The number of rotatable bonds is 1. The number of pyridine rings is 1. The van der Waals surface area contributed by atoms with Gasteiger partial charge in [0.1, 0.15) is 6.61 Å². The summed E-state index contributed by atoms with van der Waals surface area (Å²) >= 11 is 0. The van der Waals surface area contributed by atoms with Gasteiger partial charge in [-0.2, -0.15) is 0 Å². The number of aromatic nitrogens is 1. The largest absolute Gasteiger partial charge is 0.458 e. The quantitative estimate of drug-likeness (QED) is 0.694. The normalized spacial score (nSPS) is 28.8. The van der Waals surface area contributed by atoms with E-state index in [1.807, 2.05) is 0 Å². The van der Waals surface area contributed by atoms with Crippen molar-refractivity contribution in [3.8, 4) is 0 Å². The van der Waals surface area contributed by atoms with Gasteiger partial charge in [0.05, 0.1) is 17.4 Å². The van der Waals surface area contributed by atoms with E-state index in [9.17, 15) is 19.8 Å². The zero-order valence-electron chi connectivity index (χ0n) is 10.5. The second kappa shape index (κ2) is 3.91. The van der Waals surface area contributed by atoms with Gasteiger partial charge in [0.2, 0.25) is 0 Å². The molecule has 2 aliphatic heterocycles. The molecule has 0 fully saturated rings. The van der Waals surface area contributed by atoms with Crippen molar-refractivity contribution in [1.82, 2.24) is 4.57 Å². The number of aliphatic hydroxyl groups is 2. The summed E-state index contributed by atoms with van der Waals surface area (Å²) in [6, 6.07) is 1.57. The minimum Gasteiger partial charge on any atom is -0.458 e. The SMILES string of the molecule is CCC1(O)C(=O)OCc2c1cc1n(c2=O)CCC1O. The van der Waals surface area contributed by atoms with Crippen molar-refractivity contribution < 1.29 is 19.7 Å². The first-order chi connectivity index (χ1) is 8.99. The molecule has 3 rings (SSSR count). The Morgan fingerprint density at radius 1 is 1.53 bits per heavy atom. The first-order valence-corrected chi connectivity index (χ1v) is 6.33. The summed E-state index contributed by atoms with van der Waals surface area (Å²) in [5, 5.41) is 20.3. The van der Waals surface area contributed by atoms with Crippen LogP contribution in [0.25, 0.3) is 0 Å². The number of hydrogen-bond acceptors (Lipinski definition) is 5. The van der Waals surface area contributed by atoms with Gasteiger partial charge in [0.25, 0.3) is 5.56 Å². The van der Waals surface area contributed by atoms with Crippen LogP contribution in [0.2, 0.25) is 0 Å². The number of fused-ring (bicyclic) bond motifs is 2. The highest BCUT2D eigenvalue weighted by atomic mass is 16.6. The number of ether oxygens (including phenoxy) is 1. The van der Waals surface area contributed by atoms with Crippen LogP contribution in [0.3, 0.4) is 0 Å². The number of hydrogen-bond donors (Lipinski definition) is 2. The van der Waals surface area contributed by atoms with Crippen molar-refractivity contribution in [1.29, 1.82) is 0 Å². The molecule has 19 heavy (non-hydrogen) atoms. The third-order valence-corrected chi connectivity index (χ3v) is 4.04. The van der Waals surface area contributed by atoms with Crippen LogP contribution >= 0.6 is 0 Å². The number of esters is 1. The number of nitrogens with zero attached hydrogens (tertiary/aromatic N) is 1. The molecular weight excluding hydrogens is 250 g/mol. The Morgan fingerprint density at radius 2 is 2.26 bits per heavy atom. The van der Waals surface area contributed by atoms with E-state index in [0.29, 0.717) is 24.2 Å². The molecule has 1 aromatic heterocycles. The van der Waals surface area contributed by atoms with Gasteiger partial charge in [-0.25, -0.2) is 4.79 Å². The number of aliphatic hydroxyl groups excluding tert-OH is 1. The second-order valence-corrected chi connectivity index (χ2v) is 5.01. The highest BCUT2D eigenvalue weighted by Crippen LogP contribution is 2.36. The molecule has 0 aromatic carbocycles. The molecule has 0 radical (unpaired) electrons. The van der Waals surface area contributed by atoms with Gasteiger partial charge < -0.3 is 19.5 Å². The van der Waals surface area contributed by atoms with Crippen LogP contribution in [0.5, 0.6) is 0 Å². The van der Waals surface area contributed by atoms with Crippen molar-refractivity contribution in [2.24, 2.45) is 0 Å². The van der Waals surface area contributed by atoms with E-state index >= 15 is 0 Å². The van der Waals surface area contributed by atoms with Crippen LogP contribution in [0.1, 0.15) is 42.7 Å². The van der Waals surface area contributed by atoms with E-state index < -0.39 is 17.7 Å². The summed E-state index contributed by atoms with van der Waals surface area (Å²) in [6.07, 6.45) is -0.132. The van der Waals surface area contributed by atoms with E-state index in [4.69, 9.17) is 4.74 Å². The molecule has 3 heterocycles. The highest BCUT2D eigenvalue weighted by molar-refractivity contribution is 5.83. The van der Waals surface area contributed by atoms with Crippen molar-refractivity contribution in [2.75, 3.05) is 0 Å². The van der Waals surface area contributed by atoms with Crippen LogP contribution in [-0.2, 0) is 28.3 Å². The van der Waals surface area contributed by atoms with E-state index in [2.05, 4.69) is 0 Å². The topological polar surface area (TPSA) is 88.8 Å². The molecule has 0 saturated heterocycles. The Labute approximate surface area is 109 Å². The second-order valence-electron chi connectivity index (χ2n) is 5.01. The zero-order valence-corrected chi connectivity index (χ0v) is 10.5. The molecule has 6 nitrogen and oxygen atoms in total. The van der Waals surface area contributed by atoms with Gasteiger partial charge in [-0.3, -0.25) is 4.79 Å². The summed E-state index contributed by atoms with van der Waals surface area (Å²) < 4.78 is 6.40. The fraction of sp³-hybridized carbons (Fsp3) is 0.538. The van der Waals surface area contributed by atoms with Crippen molar-refractivity contribution in [2.45, 2.75) is 44.6 Å². The summed E-state index contributed by atoms with van der Waals surface area (Å²) in [4.78, 5) is 24.1. The predicted octanol–water partition coefficient (Wildman–Crippen LogP) is -0.0602. The zero-order chi connectivity index (χ0) is 13.8. The molecule has 2 unspecified atom stereocenters. The van der Waals surface area contributed by atoms with Crippen LogP contribution in [-0.4, -0.2) is 20.7 Å². The molecular formula is C13H15NO5. The fourth-order valence-corrected chi connectivity index (χ4v) is 2.82. The van der Waals surface area contributed by atoms with Crippen LogP contribution in [0.15, 0.2) is 10.9 Å². The fourth-order valence-electron chi connectivity index (χ4n) is 2.82. The Morgan fingerprint density at radius 3 is 2.95 bits per heavy atom. The third kappa shape index (κ3) is 1.50. The monoisotopic (exact) mass is 265 g/mol. The summed E-state index contributed by atoms with van der Waals surface area (Å²) in [7, 11) is 0. The maximum atomic E-state index is 12.3. The van der Waals surface area contributed by atoms with Crippen LogP contribution in [0, 0.1) is 0 Å². The van der Waals surface area contributed by atoms with Gasteiger partial charge in [-0.05, 0) is 18.9 Å². The lowest BCUT2D eigenvalue weighted by atomic mass is 9.86. The molecule has 2 N–H and O–H groups in total. The summed E-state index contributed by atoms with van der Waals surface area (Å²) in [5.74, 6) is -0.737. The first-order valence-electron chi connectivity index (χ1n) is 6.33. The van der Waals surface area contributed by atoms with E-state index in [0.717, 1.165) is 0 Å². The molecule has 0 saturated carbocycles. The minimum atomic E-state index is -1.79. The molecule has 0 bridgehead atoms. The Hall–Kier alpha value is -1.66. The van der Waals surface area contributed by atoms with Gasteiger partial charge >= 0.3 is 5.97 Å². The van der Waals surface area contributed by atoms with Gasteiger partial charge in [0.15, 0.2) is 5.60 Å². The van der Waals surface area contributed by atoms with Gasteiger partial charge in [0, 0.05) is 12.1 Å². The lowest BCUT2D eigenvalue weighted by Gasteiger charge is -2.31. The first kappa shape index (κ1) is 12.4. The lowest BCUT2D eigenvalue weighted by Crippen LogP contribution is -2.44. The predicted molar refractivity (Wildman–Crippen MR) is 64.3 cm³/mol. The standard InChI is InChI=1S/C13H15NO5/c1-2-13(18)8-5-9-10(15)3-4-14(9)11(16)7(8)6-19-12(13)17/h5,10,15,18H,2-4,6H2,1H3. The van der Waals surface area contributed by atoms with Crippen molar-refractivity contribution in [3.05, 3.63) is 33.2 Å². The van der Waals surface area contributed by atoms with E-state index in [1.54, 1.807) is 13.0 Å². The third-order valence-electron chi connectivity index (χ3n) is 4.04. The maximum Gasteiger partial charge on any atom is 0.343 e. The van der Waals surface area contributed by atoms with Crippen LogP contribution < -0.4 is 5.56 Å². The number of cyclic esters (lactones) is 1. The Balaban J connectivity index is 2.30. The summed E-state index contributed by atoms with van der Waals surface area (Å²) in [6.45, 7) is 1.98. The molecule has 1 aromatic rings. The van der Waals surface area contributed by atoms with E-state index in [1.165, 1.54) is 4.57 Å². The molecule has 2 atom stereocenters. The van der Waals surface area contributed by atoms with Gasteiger partial charge in [-0.1, -0.05) is 6.92 Å². The van der Waals surface area contributed by atoms with Crippen molar-refractivity contribution in [3.63, 3.8) is 0 Å².